The molecule has 0 radical (unpaired) electrons. The molecule has 1 aromatic heterocycles. The molecule has 0 saturated heterocycles. The number of nitrogens with zero attached hydrogens (tertiary/aromatic N) is 1. The summed E-state index contributed by atoms with van der Waals surface area (Å²) in [4.78, 5) is 2.48. The Bertz CT molecular complexity index is 306. The fourth-order valence-corrected chi connectivity index (χ4v) is 2.03. The summed E-state index contributed by atoms with van der Waals surface area (Å²) in [5, 5.41) is 0. The summed E-state index contributed by atoms with van der Waals surface area (Å²) < 4.78 is 5.17. The highest BCUT2D eigenvalue weighted by atomic mass is 16.3. The van der Waals surface area contributed by atoms with Gasteiger partial charge in [0.1, 0.15) is 0 Å². The van der Waals surface area contributed by atoms with E-state index in [-0.39, 0.29) is 5.41 Å². The van der Waals surface area contributed by atoms with Crippen LogP contribution in [-0.4, -0.2) is 24.5 Å². The Morgan fingerprint density at radius 1 is 1.47 bits per heavy atom. The van der Waals surface area contributed by atoms with Gasteiger partial charge in [-0.25, -0.2) is 0 Å². The first-order valence-electron chi connectivity index (χ1n) is 6.46. The molecule has 0 fully saturated rings. The molecule has 98 valence electrons. The first-order chi connectivity index (χ1) is 8.00. The molecule has 0 bridgehead atoms. The Balaban J connectivity index is 2.71. The second-order valence-corrected chi connectivity index (χ2v) is 5.57. The van der Waals surface area contributed by atoms with Crippen LogP contribution >= 0.6 is 0 Å². The molecular weight excluding hydrogens is 212 g/mol. The van der Waals surface area contributed by atoms with Crippen molar-refractivity contribution in [2.24, 2.45) is 11.1 Å². The minimum Gasteiger partial charge on any atom is -0.472 e. The molecule has 3 heteroatoms. The lowest BCUT2D eigenvalue weighted by molar-refractivity contribution is 0.140. The summed E-state index contributed by atoms with van der Waals surface area (Å²) in [5.41, 5.74) is 7.23. The van der Waals surface area contributed by atoms with Crippen LogP contribution in [0, 0.1) is 5.41 Å². The van der Waals surface area contributed by atoms with E-state index < -0.39 is 0 Å². The van der Waals surface area contributed by atoms with Gasteiger partial charge in [0.2, 0.25) is 0 Å². The van der Waals surface area contributed by atoms with Crippen LogP contribution in [0.5, 0.6) is 0 Å². The van der Waals surface area contributed by atoms with Gasteiger partial charge in [0, 0.05) is 18.2 Å². The van der Waals surface area contributed by atoms with Crippen molar-refractivity contribution in [2.45, 2.75) is 40.2 Å². The molecule has 3 nitrogen and oxygen atoms in total. The van der Waals surface area contributed by atoms with Gasteiger partial charge in [0.15, 0.2) is 0 Å². The zero-order valence-electron chi connectivity index (χ0n) is 11.6. The van der Waals surface area contributed by atoms with Gasteiger partial charge in [-0.2, -0.15) is 0 Å². The maximum Gasteiger partial charge on any atom is 0.0950 e. The van der Waals surface area contributed by atoms with E-state index >= 15 is 0 Å². The van der Waals surface area contributed by atoms with Gasteiger partial charge in [-0.05, 0) is 37.9 Å². The van der Waals surface area contributed by atoms with Crippen molar-refractivity contribution >= 4 is 0 Å². The summed E-state index contributed by atoms with van der Waals surface area (Å²) in [7, 11) is 0. The molecule has 17 heavy (non-hydrogen) atoms. The van der Waals surface area contributed by atoms with Crippen LogP contribution in [0.25, 0.3) is 0 Å². The van der Waals surface area contributed by atoms with Crippen LogP contribution in [0.2, 0.25) is 0 Å². The third-order valence-corrected chi connectivity index (χ3v) is 3.27. The molecule has 1 rings (SSSR count). The van der Waals surface area contributed by atoms with Gasteiger partial charge in [-0.1, -0.05) is 20.8 Å². The van der Waals surface area contributed by atoms with Crippen LogP contribution in [0.15, 0.2) is 23.0 Å². The van der Waals surface area contributed by atoms with Gasteiger partial charge in [0.25, 0.3) is 0 Å². The van der Waals surface area contributed by atoms with Crippen LogP contribution in [0.1, 0.15) is 45.7 Å². The SMILES string of the molecule is CCCN(CC(C)(C)CN)C(C)c1ccoc1. The second-order valence-electron chi connectivity index (χ2n) is 5.57. The van der Waals surface area contributed by atoms with Crippen molar-refractivity contribution in [1.29, 1.82) is 0 Å². The van der Waals surface area contributed by atoms with Crippen molar-refractivity contribution in [3.05, 3.63) is 24.2 Å². The van der Waals surface area contributed by atoms with Crippen molar-refractivity contribution in [3.8, 4) is 0 Å². The molecule has 0 saturated carbocycles. The van der Waals surface area contributed by atoms with Gasteiger partial charge < -0.3 is 10.2 Å². The van der Waals surface area contributed by atoms with Crippen molar-refractivity contribution < 1.29 is 4.42 Å². The molecule has 1 heterocycles. The smallest absolute Gasteiger partial charge is 0.0950 e. The Morgan fingerprint density at radius 2 is 2.18 bits per heavy atom. The van der Waals surface area contributed by atoms with Gasteiger partial charge in [-0.15, -0.1) is 0 Å². The lowest BCUT2D eigenvalue weighted by Gasteiger charge is -2.35. The molecule has 0 aromatic carbocycles. The van der Waals surface area contributed by atoms with Crippen molar-refractivity contribution in [2.75, 3.05) is 19.6 Å². The van der Waals surface area contributed by atoms with Crippen molar-refractivity contribution in [3.63, 3.8) is 0 Å². The van der Waals surface area contributed by atoms with Crippen LogP contribution in [-0.2, 0) is 0 Å². The minimum atomic E-state index is 0.160. The molecule has 1 aromatic rings. The summed E-state index contributed by atoms with van der Waals surface area (Å²) in [6.45, 7) is 11.7. The first-order valence-corrected chi connectivity index (χ1v) is 6.46. The van der Waals surface area contributed by atoms with Crippen molar-refractivity contribution in [1.82, 2.24) is 4.90 Å². The van der Waals surface area contributed by atoms with Crippen LogP contribution in [0.3, 0.4) is 0 Å². The number of rotatable bonds is 7. The number of nitrogens with two attached hydrogens (primary N) is 1. The number of hydrogen-bond acceptors (Lipinski definition) is 3. The standard InChI is InChI=1S/C14H26N2O/c1-5-7-16(11-14(3,4)10-15)12(2)13-6-8-17-9-13/h6,8-9,12H,5,7,10-11,15H2,1-4H3. The van der Waals surface area contributed by atoms with Gasteiger partial charge in [-0.3, -0.25) is 4.90 Å². The molecule has 0 aliphatic carbocycles. The number of furan rings is 1. The monoisotopic (exact) mass is 238 g/mol. The summed E-state index contributed by atoms with van der Waals surface area (Å²) in [6, 6.07) is 2.43. The number of hydrogen-bond donors (Lipinski definition) is 1. The zero-order valence-corrected chi connectivity index (χ0v) is 11.6. The third-order valence-electron chi connectivity index (χ3n) is 3.27. The first kappa shape index (κ1) is 14.3. The molecule has 1 unspecified atom stereocenters. The predicted molar refractivity (Wildman–Crippen MR) is 71.8 cm³/mol. The maximum atomic E-state index is 5.82. The van der Waals surface area contributed by atoms with E-state index in [1.807, 2.05) is 12.3 Å². The molecule has 1 atom stereocenters. The molecule has 0 amide bonds. The highest BCUT2D eigenvalue weighted by Crippen LogP contribution is 2.25. The zero-order chi connectivity index (χ0) is 12.9. The lowest BCUT2D eigenvalue weighted by Crippen LogP contribution is -2.40. The van der Waals surface area contributed by atoms with E-state index in [9.17, 15) is 0 Å². The summed E-state index contributed by atoms with van der Waals surface area (Å²) in [5.74, 6) is 0. The summed E-state index contributed by atoms with van der Waals surface area (Å²) in [6.07, 6.45) is 4.73. The Hall–Kier alpha value is -0.800. The highest BCUT2D eigenvalue weighted by Gasteiger charge is 2.24. The molecule has 0 spiro atoms. The third kappa shape index (κ3) is 4.17. The largest absolute Gasteiger partial charge is 0.472 e. The van der Waals surface area contributed by atoms with E-state index in [4.69, 9.17) is 10.2 Å². The van der Waals surface area contributed by atoms with Gasteiger partial charge in [0.05, 0.1) is 12.5 Å². The van der Waals surface area contributed by atoms with E-state index in [1.165, 1.54) is 5.56 Å². The molecular formula is C14H26N2O. The molecule has 0 aliphatic rings. The average molecular weight is 238 g/mol. The average Bonchev–Trinajstić information content (AvgIpc) is 2.81. The Kier molecular flexibility index (Phi) is 5.22. The quantitative estimate of drug-likeness (QED) is 0.794. The Morgan fingerprint density at radius 3 is 2.65 bits per heavy atom. The summed E-state index contributed by atoms with van der Waals surface area (Å²) >= 11 is 0. The molecule has 0 aliphatic heterocycles. The highest BCUT2D eigenvalue weighted by molar-refractivity contribution is 5.10. The van der Waals surface area contributed by atoms with E-state index in [0.29, 0.717) is 12.6 Å². The minimum absolute atomic E-state index is 0.160. The fourth-order valence-electron chi connectivity index (χ4n) is 2.03. The van der Waals surface area contributed by atoms with Crippen LogP contribution < -0.4 is 5.73 Å². The Labute approximate surface area is 105 Å². The lowest BCUT2D eigenvalue weighted by atomic mass is 9.92. The fraction of sp³-hybridized carbons (Fsp3) is 0.714. The van der Waals surface area contributed by atoms with Crippen LogP contribution in [0.4, 0.5) is 0 Å². The predicted octanol–water partition coefficient (Wildman–Crippen LogP) is 3.04. The second kappa shape index (κ2) is 6.22. The van der Waals surface area contributed by atoms with E-state index in [2.05, 4.69) is 32.6 Å². The normalized spacial score (nSPS) is 14.2. The maximum absolute atomic E-state index is 5.82. The van der Waals surface area contributed by atoms with E-state index in [0.717, 1.165) is 19.5 Å². The van der Waals surface area contributed by atoms with E-state index in [1.54, 1.807) is 6.26 Å². The topological polar surface area (TPSA) is 42.4 Å². The molecule has 2 N–H and O–H groups in total. The van der Waals surface area contributed by atoms with Gasteiger partial charge >= 0.3 is 0 Å².